The van der Waals surface area contributed by atoms with Gasteiger partial charge in [0.1, 0.15) is 0 Å². The Kier molecular flexibility index (Phi) is 5.80. The SMILES string of the molecule is Cc1cccc(CCC(=O)Nc2ccc(C(C=N)C=N)cc2)c1. The Morgan fingerprint density at radius 3 is 2.43 bits per heavy atom. The van der Waals surface area contributed by atoms with Gasteiger partial charge in [-0.15, -0.1) is 0 Å². The summed E-state index contributed by atoms with van der Waals surface area (Å²) in [6, 6.07) is 15.4. The fraction of sp³-hybridized carbons (Fsp3) is 0.211. The summed E-state index contributed by atoms with van der Waals surface area (Å²) in [6.07, 6.45) is 3.61. The van der Waals surface area contributed by atoms with Gasteiger partial charge in [0, 0.05) is 24.5 Å². The lowest BCUT2D eigenvalue weighted by molar-refractivity contribution is -0.116. The molecule has 0 heterocycles. The van der Waals surface area contributed by atoms with Crippen molar-refractivity contribution in [3.8, 4) is 0 Å². The molecule has 4 heteroatoms. The quantitative estimate of drug-likeness (QED) is 0.665. The van der Waals surface area contributed by atoms with Crippen LogP contribution in [-0.4, -0.2) is 18.3 Å². The largest absolute Gasteiger partial charge is 0.326 e. The summed E-state index contributed by atoms with van der Waals surface area (Å²) in [5.74, 6) is -0.323. The third-order valence-corrected chi connectivity index (χ3v) is 3.66. The molecular formula is C19H21N3O. The average molecular weight is 307 g/mol. The molecule has 0 aliphatic rings. The molecule has 0 aromatic heterocycles. The summed E-state index contributed by atoms with van der Waals surface area (Å²) in [5, 5.41) is 17.4. The highest BCUT2D eigenvalue weighted by molar-refractivity contribution is 5.91. The van der Waals surface area contributed by atoms with Crippen LogP contribution in [0.2, 0.25) is 0 Å². The minimum Gasteiger partial charge on any atom is -0.326 e. The minimum absolute atomic E-state index is 0.0186. The molecule has 0 radical (unpaired) electrons. The Morgan fingerprint density at radius 1 is 1.13 bits per heavy atom. The van der Waals surface area contributed by atoms with Gasteiger partial charge in [0.25, 0.3) is 0 Å². The Labute approximate surface area is 136 Å². The van der Waals surface area contributed by atoms with Gasteiger partial charge in [-0.1, -0.05) is 42.0 Å². The molecule has 1 amide bonds. The van der Waals surface area contributed by atoms with Gasteiger partial charge in [0.15, 0.2) is 0 Å². The van der Waals surface area contributed by atoms with Gasteiger partial charge in [-0.2, -0.15) is 0 Å². The molecule has 0 spiro atoms. The first-order valence-electron chi connectivity index (χ1n) is 7.59. The van der Waals surface area contributed by atoms with Gasteiger partial charge < -0.3 is 16.1 Å². The van der Waals surface area contributed by atoms with Crippen molar-refractivity contribution in [1.29, 1.82) is 10.8 Å². The summed E-state index contributed by atoms with van der Waals surface area (Å²) >= 11 is 0. The predicted molar refractivity (Wildman–Crippen MR) is 94.9 cm³/mol. The number of hydrogen-bond donors (Lipinski definition) is 3. The van der Waals surface area contributed by atoms with E-state index in [0.717, 1.165) is 23.2 Å². The van der Waals surface area contributed by atoms with Crippen molar-refractivity contribution >= 4 is 24.0 Å². The maximum Gasteiger partial charge on any atom is 0.224 e. The van der Waals surface area contributed by atoms with E-state index in [1.165, 1.54) is 18.0 Å². The second kappa shape index (κ2) is 8.03. The summed E-state index contributed by atoms with van der Waals surface area (Å²) in [4.78, 5) is 12.0. The molecule has 4 nitrogen and oxygen atoms in total. The van der Waals surface area contributed by atoms with Crippen LogP contribution in [-0.2, 0) is 11.2 Å². The van der Waals surface area contributed by atoms with Crippen LogP contribution in [0.5, 0.6) is 0 Å². The molecule has 0 aliphatic heterocycles. The zero-order valence-corrected chi connectivity index (χ0v) is 13.2. The van der Waals surface area contributed by atoms with Crippen molar-refractivity contribution in [3.05, 3.63) is 65.2 Å². The molecule has 0 fully saturated rings. The monoisotopic (exact) mass is 307 g/mol. The highest BCUT2D eigenvalue weighted by Crippen LogP contribution is 2.16. The normalized spacial score (nSPS) is 11.5. The highest BCUT2D eigenvalue weighted by Gasteiger charge is 2.06. The van der Waals surface area contributed by atoms with Crippen LogP contribution in [0.15, 0.2) is 48.5 Å². The van der Waals surface area contributed by atoms with Crippen LogP contribution in [0, 0.1) is 17.7 Å². The second-order valence-electron chi connectivity index (χ2n) is 5.52. The van der Waals surface area contributed by atoms with E-state index >= 15 is 0 Å². The van der Waals surface area contributed by atoms with Crippen LogP contribution >= 0.6 is 0 Å². The number of aryl methyl sites for hydroxylation is 2. The van der Waals surface area contributed by atoms with Crippen LogP contribution in [0.3, 0.4) is 0 Å². The van der Waals surface area contributed by atoms with Crippen LogP contribution in [0.4, 0.5) is 5.69 Å². The molecule has 118 valence electrons. The third-order valence-electron chi connectivity index (χ3n) is 3.66. The summed E-state index contributed by atoms with van der Waals surface area (Å²) in [6.45, 7) is 2.04. The minimum atomic E-state index is -0.305. The standard InChI is InChI=1S/C19H21N3O/c1-14-3-2-4-15(11-14)5-10-19(23)22-18-8-6-16(7-9-18)17(12-20)13-21/h2-4,6-9,11-13,17,20-21H,5,10H2,1H3,(H,22,23). The van der Waals surface area contributed by atoms with Gasteiger partial charge in [-0.25, -0.2) is 0 Å². The molecule has 0 bridgehead atoms. The molecule has 2 aromatic carbocycles. The number of nitrogens with one attached hydrogen (secondary N) is 3. The van der Waals surface area contributed by atoms with Crippen molar-refractivity contribution in [3.63, 3.8) is 0 Å². The molecule has 2 aromatic rings. The first-order valence-corrected chi connectivity index (χ1v) is 7.59. The first-order chi connectivity index (χ1) is 11.1. The van der Waals surface area contributed by atoms with E-state index in [1.807, 2.05) is 37.3 Å². The number of carbonyl (C=O) groups is 1. The van der Waals surface area contributed by atoms with Crippen LogP contribution < -0.4 is 5.32 Å². The number of anilines is 1. The molecular weight excluding hydrogens is 286 g/mol. The predicted octanol–water partition coefficient (Wildman–Crippen LogP) is 3.95. The van der Waals surface area contributed by atoms with Crippen molar-refractivity contribution in [2.45, 2.75) is 25.7 Å². The maximum atomic E-state index is 12.0. The van der Waals surface area contributed by atoms with Crippen LogP contribution in [0.1, 0.15) is 29.0 Å². The molecule has 0 atom stereocenters. The van der Waals surface area contributed by atoms with Gasteiger partial charge in [-0.3, -0.25) is 4.79 Å². The first kappa shape index (κ1) is 16.6. The number of benzene rings is 2. The van der Waals surface area contributed by atoms with E-state index in [0.29, 0.717) is 6.42 Å². The van der Waals surface area contributed by atoms with E-state index in [9.17, 15) is 4.79 Å². The van der Waals surface area contributed by atoms with Gasteiger partial charge in [0.05, 0.1) is 5.92 Å². The lowest BCUT2D eigenvalue weighted by atomic mass is 10.0. The zero-order chi connectivity index (χ0) is 16.7. The van der Waals surface area contributed by atoms with Gasteiger partial charge >= 0.3 is 0 Å². The van der Waals surface area contributed by atoms with Gasteiger partial charge in [0.2, 0.25) is 5.91 Å². The second-order valence-corrected chi connectivity index (χ2v) is 5.52. The Hall–Kier alpha value is -2.75. The Morgan fingerprint density at radius 2 is 1.83 bits per heavy atom. The van der Waals surface area contributed by atoms with Crippen molar-refractivity contribution in [2.75, 3.05) is 5.32 Å². The topological polar surface area (TPSA) is 76.8 Å². The average Bonchev–Trinajstić information content (AvgIpc) is 2.56. The number of rotatable bonds is 7. The lowest BCUT2D eigenvalue weighted by Crippen LogP contribution is -2.12. The van der Waals surface area contributed by atoms with E-state index in [2.05, 4.69) is 11.4 Å². The summed E-state index contributed by atoms with van der Waals surface area (Å²) in [7, 11) is 0. The Bertz CT molecular complexity index is 684. The zero-order valence-electron chi connectivity index (χ0n) is 13.2. The van der Waals surface area contributed by atoms with E-state index in [-0.39, 0.29) is 11.8 Å². The molecule has 3 N–H and O–H groups in total. The van der Waals surface area contributed by atoms with Gasteiger partial charge in [-0.05, 0) is 36.6 Å². The summed E-state index contributed by atoms with van der Waals surface area (Å²) in [5.41, 5.74) is 3.96. The number of hydrogen-bond acceptors (Lipinski definition) is 3. The van der Waals surface area contributed by atoms with Crippen LogP contribution in [0.25, 0.3) is 0 Å². The summed E-state index contributed by atoms with van der Waals surface area (Å²) < 4.78 is 0. The van der Waals surface area contributed by atoms with E-state index < -0.39 is 0 Å². The molecule has 0 saturated heterocycles. The Balaban J connectivity index is 1.90. The fourth-order valence-corrected chi connectivity index (χ4v) is 2.38. The van der Waals surface area contributed by atoms with Crippen molar-refractivity contribution < 1.29 is 4.79 Å². The lowest BCUT2D eigenvalue weighted by Gasteiger charge is -2.09. The molecule has 2 rings (SSSR count). The third kappa shape index (κ3) is 4.88. The molecule has 0 unspecified atom stereocenters. The van der Waals surface area contributed by atoms with Crippen molar-refractivity contribution in [1.82, 2.24) is 0 Å². The number of carbonyl (C=O) groups excluding carboxylic acids is 1. The van der Waals surface area contributed by atoms with Crippen molar-refractivity contribution in [2.24, 2.45) is 0 Å². The molecule has 0 saturated carbocycles. The number of amides is 1. The molecule has 0 aliphatic carbocycles. The smallest absolute Gasteiger partial charge is 0.224 e. The van der Waals surface area contributed by atoms with E-state index in [1.54, 1.807) is 12.1 Å². The maximum absolute atomic E-state index is 12.0. The molecule has 23 heavy (non-hydrogen) atoms. The van der Waals surface area contributed by atoms with E-state index in [4.69, 9.17) is 10.8 Å². The highest BCUT2D eigenvalue weighted by atomic mass is 16.1. The fourth-order valence-electron chi connectivity index (χ4n) is 2.38.